The van der Waals surface area contributed by atoms with Crippen LogP contribution in [0.3, 0.4) is 0 Å². The van der Waals surface area contributed by atoms with Crippen LogP contribution in [0, 0.1) is 11.3 Å². The van der Waals surface area contributed by atoms with E-state index < -0.39 is 11.7 Å². The van der Waals surface area contributed by atoms with Gasteiger partial charge in [0.2, 0.25) is 0 Å². The number of nitrogens with one attached hydrogen (secondary N) is 2. The highest BCUT2D eigenvalue weighted by Gasteiger charge is 2.28. The van der Waals surface area contributed by atoms with E-state index in [1.165, 1.54) is 4.57 Å². The van der Waals surface area contributed by atoms with Gasteiger partial charge < -0.3 is 19.9 Å². The number of rotatable bonds is 4. The Kier molecular flexibility index (Phi) is 6.77. The Bertz CT molecular complexity index is 1360. The molecule has 4 rings (SSSR count). The van der Waals surface area contributed by atoms with Gasteiger partial charge in [0.05, 0.1) is 17.3 Å². The third-order valence-corrected chi connectivity index (χ3v) is 6.23. The number of H-pyrrole nitrogens is 1. The molecule has 0 bridgehead atoms. The maximum absolute atomic E-state index is 12.4. The van der Waals surface area contributed by atoms with Crippen molar-refractivity contribution >= 4 is 34.5 Å². The fourth-order valence-electron chi connectivity index (χ4n) is 4.46. The number of aromatic amines is 1. The number of nitriles is 1. The average molecular weight is 497 g/mol. The Morgan fingerprint density at radius 2 is 2.14 bits per heavy atom. The Balaban J connectivity index is 1.71. The molecule has 3 heterocycles. The number of hydrogen-bond donors (Lipinski definition) is 2. The van der Waals surface area contributed by atoms with Crippen LogP contribution in [0.1, 0.15) is 50.3 Å². The first kappa shape index (κ1) is 24.6. The van der Waals surface area contributed by atoms with E-state index >= 15 is 0 Å². The third-order valence-electron chi connectivity index (χ3n) is 5.99. The summed E-state index contributed by atoms with van der Waals surface area (Å²) in [4.78, 5) is 34.5. The number of carbonyl (C=O) groups excluding carboxylic acids is 1. The predicted octanol–water partition coefficient (Wildman–Crippen LogP) is 3.87. The van der Waals surface area contributed by atoms with Crippen molar-refractivity contribution in [2.24, 2.45) is 7.05 Å². The zero-order valence-corrected chi connectivity index (χ0v) is 21.1. The van der Waals surface area contributed by atoms with E-state index in [-0.39, 0.29) is 11.7 Å². The summed E-state index contributed by atoms with van der Waals surface area (Å²) in [5, 5.41) is 13.1. The number of carbonyl (C=O) groups is 1. The number of aromatic nitrogens is 3. The minimum atomic E-state index is -0.580. The van der Waals surface area contributed by atoms with Crippen molar-refractivity contribution < 1.29 is 9.53 Å². The van der Waals surface area contributed by atoms with Crippen molar-refractivity contribution in [3.63, 3.8) is 0 Å². The van der Waals surface area contributed by atoms with E-state index in [1.54, 1.807) is 25.4 Å². The van der Waals surface area contributed by atoms with Crippen LogP contribution in [0.5, 0.6) is 0 Å². The van der Waals surface area contributed by atoms with Crippen molar-refractivity contribution in [1.82, 2.24) is 19.9 Å². The zero-order chi connectivity index (χ0) is 25.3. The number of halogens is 1. The molecular weight excluding hydrogens is 468 g/mol. The standard InChI is InChI=1S/C25H29ClN6O3/c1-25(2,3)35-24(34)29-19-6-5-9-32(14-19)21-17(10-15-7-8-18(26)11-16(15)12-27)13-28-22-20(21)30-23(33)31(22)4/h7-8,11,13,19H,5-6,9-10,14H2,1-4H3,(H,29,34)(H,30,33)/t19-/m1/s1. The number of piperidine rings is 1. The highest BCUT2D eigenvalue weighted by atomic mass is 35.5. The lowest BCUT2D eigenvalue weighted by Gasteiger charge is -2.36. The molecule has 184 valence electrons. The van der Waals surface area contributed by atoms with Crippen molar-refractivity contribution in [1.29, 1.82) is 5.26 Å². The molecule has 1 aromatic carbocycles. The van der Waals surface area contributed by atoms with Crippen molar-refractivity contribution in [2.75, 3.05) is 18.0 Å². The molecule has 0 unspecified atom stereocenters. The fraction of sp³-hybridized carbons (Fsp3) is 0.440. The minimum absolute atomic E-state index is 0.115. The smallest absolute Gasteiger partial charge is 0.407 e. The molecule has 1 aliphatic heterocycles. The molecule has 0 saturated carbocycles. The van der Waals surface area contributed by atoms with Gasteiger partial charge in [-0.05, 0) is 51.3 Å². The summed E-state index contributed by atoms with van der Waals surface area (Å²) in [6.45, 7) is 6.79. The molecule has 10 heteroatoms. The van der Waals surface area contributed by atoms with Crippen LogP contribution in [-0.2, 0) is 18.2 Å². The molecule has 0 aliphatic carbocycles. The van der Waals surface area contributed by atoms with Crippen molar-refractivity contribution in [3.8, 4) is 6.07 Å². The highest BCUT2D eigenvalue weighted by molar-refractivity contribution is 6.30. The third kappa shape index (κ3) is 5.43. The SMILES string of the molecule is Cn1c(=O)[nH]c2c(N3CCC[C@@H](NC(=O)OC(C)(C)C)C3)c(Cc3ccc(Cl)cc3C#N)cnc21. The summed E-state index contributed by atoms with van der Waals surface area (Å²) < 4.78 is 6.92. The number of pyridine rings is 1. The Morgan fingerprint density at radius 3 is 2.86 bits per heavy atom. The van der Waals surface area contributed by atoms with Gasteiger partial charge >= 0.3 is 11.8 Å². The first-order valence-electron chi connectivity index (χ1n) is 11.6. The number of nitrogens with zero attached hydrogens (tertiary/aromatic N) is 4. The molecule has 1 atom stereocenters. The molecule has 1 amide bonds. The second-order valence-corrected chi connectivity index (χ2v) is 10.3. The number of alkyl carbamates (subject to hydrolysis) is 1. The lowest BCUT2D eigenvalue weighted by atomic mass is 9.98. The summed E-state index contributed by atoms with van der Waals surface area (Å²) in [7, 11) is 1.67. The lowest BCUT2D eigenvalue weighted by molar-refractivity contribution is 0.0500. The summed E-state index contributed by atoms with van der Waals surface area (Å²) in [6, 6.07) is 7.34. The quantitative estimate of drug-likeness (QED) is 0.566. The maximum atomic E-state index is 12.4. The molecule has 1 aliphatic rings. The van der Waals surface area contributed by atoms with Gasteiger partial charge in [0, 0.05) is 49.4 Å². The van der Waals surface area contributed by atoms with E-state index in [1.807, 2.05) is 26.8 Å². The second-order valence-electron chi connectivity index (χ2n) is 9.84. The van der Waals surface area contributed by atoms with Crippen LogP contribution in [0.15, 0.2) is 29.2 Å². The monoisotopic (exact) mass is 496 g/mol. The first-order valence-corrected chi connectivity index (χ1v) is 11.9. The van der Waals surface area contributed by atoms with Gasteiger partial charge in [-0.15, -0.1) is 0 Å². The topological polar surface area (TPSA) is 116 Å². The number of aryl methyl sites for hydroxylation is 1. The van der Waals surface area contributed by atoms with E-state index in [0.29, 0.717) is 34.7 Å². The highest BCUT2D eigenvalue weighted by Crippen LogP contribution is 2.32. The molecule has 2 N–H and O–H groups in total. The van der Waals surface area contributed by atoms with Crippen LogP contribution in [-0.4, -0.2) is 45.4 Å². The summed E-state index contributed by atoms with van der Waals surface area (Å²) in [6.07, 6.45) is 3.42. The number of hydrogen-bond acceptors (Lipinski definition) is 6. The molecule has 1 fully saturated rings. The average Bonchev–Trinajstić information content (AvgIpc) is 3.07. The van der Waals surface area contributed by atoms with Gasteiger partial charge in [-0.3, -0.25) is 4.57 Å². The van der Waals surface area contributed by atoms with E-state index in [2.05, 4.69) is 26.3 Å². The Labute approximate surface area is 208 Å². The normalized spacial score (nSPS) is 16.2. The van der Waals surface area contributed by atoms with Gasteiger partial charge in [0.15, 0.2) is 5.65 Å². The van der Waals surface area contributed by atoms with Crippen LogP contribution >= 0.6 is 11.6 Å². The largest absolute Gasteiger partial charge is 0.444 e. The van der Waals surface area contributed by atoms with E-state index in [0.717, 1.165) is 36.2 Å². The number of benzene rings is 1. The second kappa shape index (κ2) is 9.62. The first-order chi connectivity index (χ1) is 16.6. The van der Waals surface area contributed by atoms with Crippen molar-refractivity contribution in [3.05, 3.63) is 56.6 Å². The number of amides is 1. The number of anilines is 1. The predicted molar refractivity (Wildman–Crippen MR) is 135 cm³/mol. The molecular formula is C25H29ClN6O3. The lowest BCUT2D eigenvalue weighted by Crippen LogP contribution is -2.49. The molecule has 2 aromatic heterocycles. The van der Waals surface area contributed by atoms with Gasteiger partial charge in [0.25, 0.3) is 0 Å². The van der Waals surface area contributed by atoms with Gasteiger partial charge in [-0.25, -0.2) is 14.6 Å². The van der Waals surface area contributed by atoms with E-state index in [9.17, 15) is 14.9 Å². The van der Waals surface area contributed by atoms with Crippen LogP contribution in [0.25, 0.3) is 11.2 Å². The molecule has 1 saturated heterocycles. The molecule has 9 nitrogen and oxygen atoms in total. The molecule has 35 heavy (non-hydrogen) atoms. The number of fused-ring (bicyclic) bond motifs is 1. The van der Waals surface area contributed by atoms with Crippen LogP contribution in [0.2, 0.25) is 5.02 Å². The summed E-state index contributed by atoms with van der Waals surface area (Å²) in [5.41, 5.74) is 3.39. The van der Waals surface area contributed by atoms with Gasteiger partial charge in [-0.2, -0.15) is 5.26 Å². The summed E-state index contributed by atoms with van der Waals surface area (Å²) in [5.74, 6) is 0. The van der Waals surface area contributed by atoms with E-state index in [4.69, 9.17) is 16.3 Å². The number of ether oxygens (including phenoxy) is 1. The number of imidazole rings is 1. The fourth-order valence-corrected chi connectivity index (χ4v) is 4.63. The van der Waals surface area contributed by atoms with Crippen LogP contribution in [0.4, 0.5) is 10.5 Å². The molecule has 0 radical (unpaired) electrons. The Morgan fingerprint density at radius 1 is 1.37 bits per heavy atom. The van der Waals surface area contributed by atoms with Gasteiger partial charge in [-0.1, -0.05) is 17.7 Å². The van der Waals surface area contributed by atoms with Gasteiger partial charge in [0.1, 0.15) is 11.1 Å². The zero-order valence-electron chi connectivity index (χ0n) is 20.3. The molecule has 3 aromatic rings. The van der Waals surface area contributed by atoms with Crippen molar-refractivity contribution in [2.45, 2.75) is 51.7 Å². The molecule has 0 spiro atoms. The maximum Gasteiger partial charge on any atom is 0.407 e. The Hall–Kier alpha value is -3.51. The summed E-state index contributed by atoms with van der Waals surface area (Å²) >= 11 is 6.09. The van der Waals surface area contributed by atoms with Crippen LogP contribution < -0.4 is 15.9 Å². The minimum Gasteiger partial charge on any atom is -0.444 e.